The normalized spacial score (nSPS) is 10.8. The first-order chi connectivity index (χ1) is 14.9. The third-order valence-electron chi connectivity index (χ3n) is 4.63. The summed E-state index contributed by atoms with van der Waals surface area (Å²) in [6.45, 7) is 1.63. The quantitative estimate of drug-likeness (QED) is 0.348. The van der Waals surface area contributed by atoms with Gasteiger partial charge in [0.2, 0.25) is 5.78 Å². The van der Waals surface area contributed by atoms with Gasteiger partial charge in [-0.1, -0.05) is 65.2 Å². The van der Waals surface area contributed by atoms with Crippen LogP contribution in [0, 0.1) is 6.92 Å². The van der Waals surface area contributed by atoms with Gasteiger partial charge in [0.15, 0.2) is 12.4 Å². The van der Waals surface area contributed by atoms with Gasteiger partial charge in [0, 0.05) is 16.0 Å². The fourth-order valence-electron chi connectivity index (χ4n) is 3.08. The van der Waals surface area contributed by atoms with E-state index in [1.54, 1.807) is 48.5 Å². The zero-order chi connectivity index (χ0) is 22.0. The molecule has 1 amide bonds. The first-order valence-corrected chi connectivity index (χ1v) is 10.2. The third-order valence-corrected chi connectivity index (χ3v) is 5.16. The van der Waals surface area contributed by atoms with Crippen molar-refractivity contribution in [3.63, 3.8) is 0 Å². The summed E-state index contributed by atoms with van der Waals surface area (Å²) >= 11 is 12.0. The summed E-state index contributed by atoms with van der Waals surface area (Å²) in [4.78, 5) is 25.7. The van der Waals surface area contributed by atoms with E-state index in [1.807, 2.05) is 19.1 Å². The van der Waals surface area contributed by atoms with E-state index in [0.717, 1.165) is 5.56 Å². The van der Waals surface area contributed by atoms with Crippen LogP contribution in [0.3, 0.4) is 0 Å². The number of carbonyl (C=O) groups is 2. The Balaban J connectivity index is 1.60. The molecule has 0 aliphatic heterocycles. The molecule has 4 aromatic rings. The highest BCUT2D eigenvalue weighted by atomic mass is 35.5. The van der Waals surface area contributed by atoms with Crippen molar-refractivity contribution in [2.45, 2.75) is 6.92 Å². The monoisotopic (exact) mass is 453 g/mol. The first-order valence-electron chi connectivity index (χ1n) is 9.43. The fourth-order valence-corrected chi connectivity index (χ4v) is 3.54. The van der Waals surface area contributed by atoms with E-state index in [0.29, 0.717) is 38.0 Å². The lowest BCUT2D eigenvalue weighted by molar-refractivity contribution is -0.118. The van der Waals surface area contributed by atoms with Crippen LogP contribution in [0.5, 0.6) is 5.75 Å². The number of para-hydroxylation sites is 1. The number of hydrogen-bond donors (Lipinski definition) is 1. The molecule has 1 aromatic heterocycles. The number of nitrogens with one attached hydrogen (secondary N) is 1. The van der Waals surface area contributed by atoms with Crippen molar-refractivity contribution >= 4 is 51.5 Å². The molecule has 0 saturated heterocycles. The van der Waals surface area contributed by atoms with Crippen molar-refractivity contribution in [1.82, 2.24) is 0 Å². The van der Waals surface area contributed by atoms with Crippen LogP contribution >= 0.6 is 23.2 Å². The van der Waals surface area contributed by atoms with E-state index in [4.69, 9.17) is 32.4 Å². The molecule has 0 fully saturated rings. The lowest BCUT2D eigenvalue weighted by Gasteiger charge is -2.09. The Kier molecular flexibility index (Phi) is 5.98. The minimum absolute atomic E-state index is 0.0583. The van der Waals surface area contributed by atoms with Gasteiger partial charge in [0.1, 0.15) is 11.3 Å². The second kappa shape index (κ2) is 8.84. The van der Waals surface area contributed by atoms with E-state index in [9.17, 15) is 9.59 Å². The van der Waals surface area contributed by atoms with Crippen molar-refractivity contribution < 1.29 is 18.7 Å². The zero-order valence-electron chi connectivity index (χ0n) is 16.4. The van der Waals surface area contributed by atoms with Crippen LogP contribution in [0.1, 0.15) is 21.7 Å². The number of amides is 1. The number of aryl methyl sites for hydroxylation is 1. The molecular weight excluding hydrogens is 437 g/mol. The van der Waals surface area contributed by atoms with E-state index in [2.05, 4.69) is 5.32 Å². The van der Waals surface area contributed by atoms with Crippen LogP contribution in [0.4, 0.5) is 5.69 Å². The van der Waals surface area contributed by atoms with Gasteiger partial charge in [-0.15, -0.1) is 0 Å². The summed E-state index contributed by atoms with van der Waals surface area (Å²) in [5.41, 5.74) is 2.30. The Morgan fingerprint density at radius 3 is 2.48 bits per heavy atom. The lowest BCUT2D eigenvalue weighted by atomic mass is 10.1. The Morgan fingerprint density at radius 1 is 1.00 bits per heavy atom. The van der Waals surface area contributed by atoms with Crippen molar-refractivity contribution in [1.29, 1.82) is 0 Å². The number of ether oxygens (including phenoxy) is 1. The summed E-state index contributed by atoms with van der Waals surface area (Å²) in [7, 11) is 0. The Labute approximate surface area is 188 Å². The molecule has 4 rings (SSSR count). The van der Waals surface area contributed by atoms with Crippen LogP contribution in [-0.4, -0.2) is 18.3 Å². The van der Waals surface area contributed by atoms with Crippen LogP contribution < -0.4 is 10.1 Å². The van der Waals surface area contributed by atoms with Gasteiger partial charge in [-0.3, -0.25) is 9.59 Å². The molecule has 1 heterocycles. The highest BCUT2D eigenvalue weighted by Gasteiger charge is 2.23. The van der Waals surface area contributed by atoms with Crippen LogP contribution in [0.2, 0.25) is 10.0 Å². The lowest BCUT2D eigenvalue weighted by Crippen LogP contribution is -2.21. The molecule has 0 atom stereocenters. The molecule has 0 spiro atoms. The summed E-state index contributed by atoms with van der Waals surface area (Å²) in [5.74, 6) is -0.402. The zero-order valence-corrected chi connectivity index (χ0v) is 18.0. The van der Waals surface area contributed by atoms with E-state index in [-0.39, 0.29) is 18.2 Å². The summed E-state index contributed by atoms with van der Waals surface area (Å²) in [5, 5.41) is 4.13. The van der Waals surface area contributed by atoms with Crippen molar-refractivity contribution in [2.24, 2.45) is 0 Å². The number of carbonyl (C=O) groups excluding carboxylic acids is 2. The molecule has 156 valence electrons. The molecule has 0 saturated carbocycles. The van der Waals surface area contributed by atoms with Crippen molar-refractivity contribution in [3.8, 4) is 5.75 Å². The Morgan fingerprint density at radius 2 is 1.74 bits per heavy atom. The molecule has 0 radical (unpaired) electrons. The Bertz CT molecular complexity index is 1280. The number of ketones is 1. The SMILES string of the molecule is Cc1ccc(C(=O)c2oc3ccccc3c2NC(=O)COc2ccc(Cl)cc2Cl)cc1. The molecule has 1 N–H and O–H groups in total. The highest BCUT2D eigenvalue weighted by Crippen LogP contribution is 2.33. The molecular formula is C24H17Cl2NO4. The maximum Gasteiger partial charge on any atom is 0.262 e. The van der Waals surface area contributed by atoms with E-state index >= 15 is 0 Å². The van der Waals surface area contributed by atoms with E-state index < -0.39 is 5.91 Å². The number of halogens is 2. The van der Waals surface area contributed by atoms with E-state index in [1.165, 1.54) is 6.07 Å². The molecule has 0 aliphatic carbocycles. The second-order valence-corrected chi connectivity index (χ2v) is 7.75. The molecule has 0 aliphatic rings. The molecule has 3 aromatic carbocycles. The van der Waals surface area contributed by atoms with Gasteiger partial charge in [-0.25, -0.2) is 0 Å². The molecule has 5 nitrogen and oxygen atoms in total. The number of fused-ring (bicyclic) bond motifs is 1. The fraction of sp³-hybridized carbons (Fsp3) is 0.0833. The topological polar surface area (TPSA) is 68.5 Å². The predicted octanol–water partition coefficient (Wildman–Crippen LogP) is 6.30. The number of furan rings is 1. The minimum Gasteiger partial charge on any atom is -0.482 e. The average Bonchev–Trinajstić information content (AvgIpc) is 3.11. The van der Waals surface area contributed by atoms with Gasteiger partial charge < -0.3 is 14.5 Å². The van der Waals surface area contributed by atoms with Crippen LogP contribution in [-0.2, 0) is 4.79 Å². The van der Waals surface area contributed by atoms with Crippen molar-refractivity contribution in [3.05, 3.63) is 93.7 Å². The van der Waals surface area contributed by atoms with Crippen LogP contribution in [0.25, 0.3) is 11.0 Å². The first kappa shape index (κ1) is 21.0. The average molecular weight is 454 g/mol. The highest BCUT2D eigenvalue weighted by molar-refractivity contribution is 6.35. The maximum absolute atomic E-state index is 13.1. The van der Waals surface area contributed by atoms with Gasteiger partial charge >= 0.3 is 0 Å². The summed E-state index contributed by atoms with van der Waals surface area (Å²) < 4.78 is 11.3. The molecule has 0 unspecified atom stereocenters. The number of anilines is 1. The van der Waals surface area contributed by atoms with Crippen LogP contribution in [0.15, 0.2) is 71.1 Å². The molecule has 0 bridgehead atoms. The Hall–Kier alpha value is -3.28. The molecule has 7 heteroatoms. The maximum atomic E-state index is 13.1. The number of hydrogen-bond acceptors (Lipinski definition) is 4. The van der Waals surface area contributed by atoms with Crippen molar-refractivity contribution in [2.75, 3.05) is 11.9 Å². The van der Waals surface area contributed by atoms with Gasteiger partial charge in [-0.05, 0) is 37.3 Å². The summed E-state index contributed by atoms with van der Waals surface area (Å²) in [6.07, 6.45) is 0. The number of rotatable bonds is 6. The summed E-state index contributed by atoms with van der Waals surface area (Å²) in [6, 6.07) is 19.0. The third kappa shape index (κ3) is 4.58. The van der Waals surface area contributed by atoms with Gasteiger partial charge in [0.05, 0.1) is 10.7 Å². The molecule has 31 heavy (non-hydrogen) atoms. The van der Waals surface area contributed by atoms with Gasteiger partial charge in [-0.2, -0.15) is 0 Å². The largest absolute Gasteiger partial charge is 0.482 e. The van der Waals surface area contributed by atoms with Gasteiger partial charge in [0.25, 0.3) is 5.91 Å². The minimum atomic E-state index is -0.462. The predicted molar refractivity (Wildman–Crippen MR) is 121 cm³/mol. The standard InChI is InChI=1S/C24H17Cl2NO4/c1-14-6-8-15(9-7-14)23(29)24-22(17-4-2-3-5-19(17)31-24)27-21(28)13-30-20-11-10-16(25)12-18(20)26/h2-12H,13H2,1H3,(H,27,28). The smallest absolute Gasteiger partial charge is 0.262 e. The number of benzene rings is 3. The second-order valence-electron chi connectivity index (χ2n) is 6.91.